The summed E-state index contributed by atoms with van der Waals surface area (Å²) >= 11 is 0. The molecule has 2 aromatic rings. The van der Waals surface area contributed by atoms with E-state index in [0.717, 1.165) is 24.7 Å². The van der Waals surface area contributed by atoms with Crippen molar-refractivity contribution in [2.75, 3.05) is 21.2 Å². The second kappa shape index (κ2) is 8.79. The highest BCUT2D eigenvalue weighted by Crippen LogP contribution is 2.14. The van der Waals surface area contributed by atoms with Gasteiger partial charge in [0.15, 0.2) is 0 Å². The number of quaternary nitrogens is 1. The highest BCUT2D eigenvalue weighted by molar-refractivity contribution is 7.80. The fourth-order valence-electron chi connectivity index (χ4n) is 2.21. The number of rotatable bonds is 5. The summed E-state index contributed by atoms with van der Waals surface area (Å²) in [6, 6.07) is 21.4. The summed E-state index contributed by atoms with van der Waals surface area (Å²) in [5.74, 6) is 0. The Balaban J connectivity index is 0.000000379. The molecule has 0 aromatic heterocycles. The van der Waals surface area contributed by atoms with Gasteiger partial charge in [-0.2, -0.15) is 0 Å². The average molecular weight is 337 g/mol. The lowest BCUT2D eigenvalue weighted by molar-refractivity contribution is -0.916. The maximum atomic E-state index is 9.22. The zero-order chi connectivity index (χ0) is 17.3. The molecule has 0 heterocycles. The second-order valence-corrected chi connectivity index (χ2v) is 6.95. The van der Waals surface area contributed by atoms with Crippen LogP contribution in [-0.2, 0) is 27.7 Å². The van der Waals surface area contributed by atoms with Gasteiger partial charge >= 0.3 is 0 Å². The second-order valence-electron chi connectivity index (χ2n) is 5.80. The van der Waals surface area contributed by atoms with E-state index in [1.165, 1.54) is 11.1 Å². The molecule has 6 heteroatoms. The third-order valence-corrected chi connectivity index (χ3v) is 3.52. The number of hydrogen-bond donors (Lipinski definition) is 0. The molecular weight excluding hydrogens is 314 g/mol. The van der Waals surface area contributed by atoms with Gasteiger partial charge in [0.2, 0.25) is 10.4 Å². The fraction of sp³-hybridized carbons (Fsp3) is 0.294. The third kappa shape index (κ3) is 9.10. The predicted octanol–water partition coefficient (Wildman–Crippen LogP) is 2.56. The van der Waals surface area contributed by atoms with E-state index in [0.29, 0.717) is 0 Å². The van der Waals surface area contributed by atoms with E-state index in [1.54, 1.807) is 0 Å². The molecule has 0 fully saturated rings. The van der Waals surface area contributed by atoms with E-state index in [2.05, 4.69) is 78.9 Å². The van der Waals surface area contributed by atoms with Gasteiger partial charge in [-0.3, -0.25) is 4.18 Å². The zero-order valence-corrected chi connectivity index (χ0v) is 14.5. The molecule has 0 aliphatic rings. The Morgan fingerprint density at radius 2 is 1.17 bits per heavy atom. The Kier molecular flexibility index (Phi) is 7.38. The van der Waals surface area contributed by atoms with E-state index in [1.807, 2.05) is 0 Å². The van der Waals surface area contributed by atoms with E-state index in [4.69, 9.17) is 0 Å². The average Bonchev–Trinajstić information content (AvgIpc) is 2.48. The summed E-state index contributed by atoms with van der Waals surface area (Å²) < 4.78 is 32.0. The van der Waals surface area contributed by atoms with Gasteiger partial charge in [0.05, 0.1) is 21.2 Å². The lowest BCUT2D eigenvalue weighted by Crippen LogP contribution is -2.37. The van der Waals surface area contributed by atoms with Crippen molar-refractivity contribution in [2.45, 2.75) is 13.1 Å². The number of benzene rings is 2. The summed E-state index contributed by atoms with van der Waals surface area (Å²) in [6.07, 6.45) is 0. The predicted molar refractivity (Wildman–Crippen MR) is 89.1 cm³/mol. The van der Waals surface area contributed by atoms with E-state index in [-0.39, 0.29) is 0 Å². The topological polar surface area (TPSA) is 66.4 Å². The molecule has 0 unspecified atom stereocenters. The minimum Gasteiger partial charge on any atom is -0.726 e. The van der Waals surface area contributed by atoms with Crippen LogP contribution in [0.1, 0.15) is 11.1 Å². The van der Waals surface area contributed by atoms with E-state index in [9.17, 15) is 13.0 Å². The van der Waals surface area contributed by atoms with Crippen LogP contribution in [0.3, 0.4) is 0 Å². The first-order valence-corrected chi connectivity index (χ1v) is 8.46. The van der Waals surface area contributed by atoms with Crippen molar-refractivity contribution in [1.29, 1.82) is 0 Å². The molecule has 23 heavy (non-hydrogen) atoms. The summed E-state index contributed by atoms with van der Waals surface area (Å²) in [4.78, 5) is 0. The smallest absolute Gasteiger partial charge is 0.217 e. The molecule has 0 amide bonds. The summed E-state index contributed by atoms with van der Waals surface area (Å²) in [6.45, 7) is 2.13. The molecule has 2 rings (SSSR count). The first kappa shape index (κ1) is 19.3. The van der Waals surface area contributed by atoms with Crippen molar-refractivity contribution < 1.29 is 21.6 Å². The van der Waals surface area contributed by atoms with Crippen molar-refractivity contribution in [2.24, 2.45) is 0 Å². The minimum absolute atomic E-state index is 0.808. The fourth-order valence-corrected chi connectivity index (χ4v) is 2.21. The van der Waals surface area contributed by atoms with Crippen molar-refractivity contribution in [3.8, 4) is 0 Å². The maximum absolute atomic E-state index is 9.22. The normalized spacial score (nSPS) is 11.5. The molecule has 0 saturated heterocycles. The largest absolute Gasteiger partial charge is 0.726 e. The molecule has 2 aromatic carbocycles. The van der Waals surface area contributed by atoms with E-state index < -0.39 is 10.4 Å². The standard InChI is InChI=1S/C16H20N.CH4O4S/c1-17(2,13-15-9-5-3-6-10-15)14-16-11-7-4-8-12-16;1-5-6(2,3)4/h3-12H,13-14H2,1-2H3;1H3,(H,2,3,4)/q+1;/p-1. The monoisotopic (exact) mass is 337 g/mol. The first-order chi connectivity index (χ1) is 10.7. The van der Waals surface area contributed by atoms with Crippen molar-refractivity contribution in [1.82, 2.24) is 0 Å². The van der Waals surface area contributed by atoms with Crippen LogP contribution in [0.15, 0.2) is 60.7 Å². The summed E-state index contributed by atoms with van der Waals surface area (Å²) in [5, 5.41) is 0. The van der Waals surface area contributed by atoms with Crippen LogP contribution in [0.2, 0.25) is 0 Å². The molecule has 5 nitrogen and oxygen atoms in total. The first-order valence-electron chi connectivity index (χ1n) is 7.13. The molecule has 0 aliphatic carbocycles. The van der Waals surface area contributed by atoms with Gasteiger partial charge in [0.1, 0.15) is 13.1 Å². The van der Waals surface area contributed by atoms with Crippen LogP contribution in [-0.4, -0.2) is 38.7 Å². The Bertz CT molecular complexity index is 627. The van der Waals surface area contributed by atoms with Crippen molar-refractivity contribution in [3.05, 3.63) is 71.8 Å². The van der Waals surface area contributed by atoms with Crippen LogP contribution in [0, 0.1) is 0 Å². The third-order valence-electron chi connectivity index (χ3n) is 3.11. The molecule has 0 atom stereocenters. The van der Waals surface area contributed by atoms with Gasteiger partial charge in [-0.1, -0.05) is 60.7 Å². The van der Waals surface area contributed by atoms with Gasteiger partial charge in [0, 0.05) is 11.1 Å². The molecule has 126 valence electrons. The minimum atomic E-state index is -4.41. The van der Waals surface area contributed by atoms with Crippen LogP contribution >= 0.6 is 0 Å². The van der Waals surface area contributed by atoms with Gasteiger partial charge < -0.3 is 9.04 Å². The SMILES string of the molecule is COS(=O)(=O)[O-].C[N+](C)(Cc1ccccc1)Cc1ccccc1. The lowest BCUT2D eigenvalue weighted by atomic mass is 10.1. The molecule has 0 N–H and O–H groups in total. The Morgan fingerprint density at radius 1 is 0.870 bits per heavy atom. The molecule has 0 saturated carbocycles. The van der Waals surface area contributed by atoms with E-state index >= 15 is 0 Å². The quantitative estimate of drug-likeness (QED) is 0.478. The maximum Gasteiger partial charge on any atom is 0.217 e. The number of nitrogens with zero attached hydrogens (tertiary/aromatic N) is 1. The Labute approximate surface area is 138 Å². The lowest BCUT2D eigenvalue weighted by Gasteiger charge is -2.30. The van der Waals surface area contributed by atoms with Gasteiger partial charge in [-0.15, -0.1) is 0 Å². The summed E-state index contributed by atoms with van der Waals surface area (Å²) in [7, 11) is 0.951. The Hall–Kier alpha value is -1.73. The van der Waals surface area contributed by atoms with Crippen LogP contribution in [0.4, 0.5) is 0 Å². The molecule has 0 aliphatic heterocycles. The van der Waals surface area contributed by atoms with Crippen molar-refractivity contribution in [3.63, 3.8) is 0 Å². The number of hydrogen-bond acceptors (Lipinski definition) is 4. The zero-order valence-electron chi connectivity index (χ0n) is 13.7. The Morgan fingerprint density at radius 3 is 1.43 bits per heavy atom. The summed E-state index contributed by atoms with van der Waals surface area (Å²) in [5.41, 5.74) is 2.79. The van der Waals surface area contributed by atoms with Gasteiger partial charge in [-0.05, 0) is 0 Å². The highest BCUT2D eigenvalue weighted by Gasteiger charge is 2.16. The molecule has 0 radical (unpaired) electrons. The molecular formula is C17H23NO4S. The highest BCUT2D eigenvalue weighted by atomic mass is 32.3. The van der Waals surface area contributed by atoms with Crippen LogP contribution < -0.4 is 0 Å². The van der Waals surface area contributed by atoms with Gasteiger partial charge in [0.25, 0.3) is 0 Å². The van der Waals surface area contributed by atoms with Crippen molar-refractivity contribution >= 4 is 10.4 Å². The van der Waals surface area contributed by atoms with Gasteiger partial charge in [-0.25, -0.2) is 8.42 Å². The molecule has 0 spiro atoms. The molecule has 0 bridgehead atoms. The van der Waals surface area contributed by atoms with Crippen LogP contribution in [0.5, 0.6) is 0 Å². The van der Waals surface area contributed by atoms with Crippen LogP contribution in [0.25, 0.3) is 0 Å².